The lowest BCUT2D eigenvalue weighted by molar-refractivity contribution is -0.384. The topological polar surface area (TPSA) is 93.5 Å². The largest absolute Gasteiger partial charge is 0.495 e. The van der Waals surface area contributed by atoms with E-state index in [9.17, 15) is 14.9 Å². The normalized spacial score (nSPS) is 11.5. The molecule has 2 aromatic carbocycles. The SMILES string of the molecule is COc1ccc(NC(C)C(=O)Nc2cccc([N+](=O)[O-])c2)cc1Cl. The molecule has 2 rings (SSSR count). The molecule has 126 valence electrons. The summed E-state index contributed by atoms with van der Waals surface area (Å²) in [5.74, 6) is 0.207. The van der Waals surface area contributed by atoms with E-state index in [1.165, 1.54) is 25.3 Å². The van der Waals surface area contributed by atoms with Crippen molar-refractivity contribution in [2.24, 2.45) is 0 Å². The van der Waals surface area contributed by atoms with Crippen molar-refractivity contribution in [1.82, 2.24) is 0 Å². The fraction of sp³-hybridized carbons (Fsp3) is 0.188. The van der Waals surface area contributed by atoms with Gasteiger partial charge in [0.1, 0.15) is 11.8 Å². The maximum atomic E-state index is 12.2. The number of amides is 1. The maximum Gasteiger partial charge on any atom is 0.271 e. The van der Waals surface area contributed by atoms with Crippen molar-refractivity contribution in [2.75, 3.05) is 17.7 Å². The number of halogens is 1. The van der Waals surface area contributed by atoms with Crippen LogP contribution in [0.4, 0.5) is 17.1 Å². The summed E-state index contributed by atoms with van der Waals surface area (Å²) < 4.78 is 5.07. The Balaban J connectivity index is 2.03. The second-order valence-electron chi connectivity index (χ2n) is 5.01. The van der Waals surface area contributed by atoms with Gasteiger partial charge in [-0.3, -0.25) is 14.9 Å². The van der Waals surface area contributed by atoms with Crippen LogP contribution in [-0.4, -0.2) is 24.0 Å². The highest BCUT2D eigenvalue weighted by Crippen LogP contribution is 2.27. The first-order valence-corrected chi connectivity index (χ1v) is 7.44. The van der Waals surface area contributed by atoms with Gasteiger partial charge in [-0.25, -0.2) is 0 Å². The Bertz CT molecular complexity index is 767. The Morgan fingerprint density at radius 3 is 2.62 bits per heavy atom. The van der Waals surface area contributed by atoms with Gasteiger partial charge in [0.2, 0.25) is 5.91 Å². The smallest absolute Gasteiger partial charge is 0.271 e. The van der Waals surface area contributed by atoms with E-state index < -0.39 is 11.0 Å². The molecule has 0 aromatic heterocycles. The van der Waals surface area contributed by atoms with Gasteiger partial charge in [-0.2, -0.15) is 0 Å². The number of carbonyl (C=O) groups excluding carboxylic acids is 1. The van der Waals surface area contributed by atoms with Crippen LogP contribution in [0.2, 0.25) is 5.02 Å². The summed E-state index contributed by atoms with van der Waals surface area (Å²) in [5, 5.41) is 16.8. The fourth-order valence-electron chi connectivity index (χ4n) is 2.02. The van der Waals surface area contributed by atoms with Gasteiger partial charge in [-0.15, -0.1) is 0 Å². The number of anilines is 2. The fourth-order valence-corrected chi connectivity index (χ4v) is 2.28. The Labute approximate surface area is 143 Å². The van der Waals surface area contributed by atoms with Crippen molar-refractivity contribution in [2.45, 2.75) is 13.0 Å². The molecule has 0 aliphatic heterocycles. The number of ether oxygens (including phenoxy) is 1. The Hall–Kier alpha value is -2.80. The second kappa shape index (κ2) is 7.65. The third-order valence-corrected chi connectivity index (χ3v) is 3.55. The second-order valence-corrected chi connectivity index (χ2v) is 5.42. The van der Waals surface area contributed by atoms with Gasteiger partial charge < -0.3 is 15.4 Å². The minimum absolute atomic E-state index is 0.0876. The highest BCUT2D eigenvalue weighted by Gasteiger charge is 2.15. The lowest BCUT2D eigenvalue weighted by atomic mass is 10.2. The van der Waals surface area contributed by atoms with Crippen LogP contribution in [0.1, 0.15) is 6.92 Å². The molecule has 7 nitrogen and oxygen atoms in total. The molecule has 0 heterocycles. The first-order valence-electron chi connectivity index (χ1n) is 7.06. The van der Waals surface area contributed by atoms with E-state index in [1.54, 1.807) is 31.2 Å². The molecular formula is C16H16ClN3O4. The van der Waals surface area contributed by atoms with Crippen molar-refractivity contribution < 1.29 is 14.5 Å². The molecule has 0 spiro atoms. The molecule has 1 amide bonds. The molecular weight excluding hydrogens is 334 g/mol. The summed E-state index contributed by atoms with van der Waals surface area (Å²) >= 11 is 6.04. The van der Waals surface area contributed by atoms with Gasteiger partial charge in [-0.05, 0) is 31.2 Å². The zero-order valence-corrected chi connectivity index (χ0v) is 13.8. The molecule has 0 saturated carbocycles. The number of nitro groups is 1. The maximum absolute atomic E-state index is 12.2. The van der Waals surface area contributed by atoms with Crippen LogP contribution in [0.3, 0.4) is 0 Å². The van der Waals surface area contributed by atoms with Crippen LogP contribution in [-0.2, 0) is 4.79 Å². The number of nitrogens with zero attached hydrogens (tertiary/aromatic N) is 1. The van der Waals surface area contributed by atoms with Gasteiger partial charge >= 0.3 is 0 Å². The molecule has 0 radical (unpaired) electrons. The Morgan fingerprint density at radius 2 is 2.00 bits per heavy atom. The molecule has 2 N–H and O–H groups in total. The minimum Gasteiger partial charge on any atom is -0.495 e. The molecule has 0 fully saturated rings. The van der Waals surface area contributed by atoms with Crippen LogP contribution >= 0.6 is 11.6 Å². The number of nitro benzene ring substituents is 1. The lowest BCUT2D eigenvalue weighted by Crippen LogP contribution is -2.31. The Kier molecular flexibility index (Phi) is 5.59. The number of non-ortho nitro benzene ring substituents is 1. The number of hydrogen-bond acceptors (Lipinski definition) is 5. The van der Waals surface area contributed by atoms with E-state index in [-0.39, 0.29) is 11.6 Å². The van der Waals surface area contributed by atoms with Crippen LogP contribution in [0.25, 0.3) is 0 Å². The highest BCUT2D eigenvalue weighted by molar-refractivity contribution is 6.32. The van der Waals surface area contributed by atoms with Crippen molar-refractivity contribution >= 4 is 34.6 Å². The van der Waals surface area contributed by atoms with Crippen LogP contribution in [0.15, 0.2) is 42.5 Å². The monoisotopic (exact) mass is 349 g/mol. The third-order valence-electron chi connectivity index (χ3n) is 3.25. The standard InChI is InChI=1S/C16H16ClN3O4/c1-10(18-12-6-7-15(24-2)14(17)9-12)16(21)19-11-4-3-5-13(8-11)20(22)23/h3-10,18H,1-2H3,(H,19,21). The van der Waals surface area contributed by atoms with Crippen molar-refractivity contribution in [1.29, 1.82) is 0 Å². The highest BCUT2D eigenvalue weighted by atomic mass is 35.5. The van der Waals surface area contributed by atoms with E-state index in [1.807, 2.05) is 0 Å². The summed E-state index contributed by atoms with van der Waals surface area (Å²) in [5.41, 5.74) is 0.924. The number of hydrogen-bond donors (Lipinski definition) is 2. The molecule has 0 aliphatic carbocycles. The first kappa shape index (κ1) is 17.6. The number of nitrogens with one attached hydrogen (secondary N) is 2. The molecule has 24 heavy (non-hydrogen) atoms. The zero-order chi connectivity index (χ0) is 17.7. The number of carbonyl (C=O) groups is 1. The summed E-state index contributed by atoms with van der Waals surface area (Å²) in [6.45, 7) is 1.67. The third kappa shape index (κ3) is 4.36. The van der Waals surface area contributed by atoms with Gasteiger partial charge in [-0.1, -0.05) is 17.7 Å². The van der Waals surface area contributed by atoms with Gasteiger partial charge in [0.15, 0.2) is 0 Å². The van der Waals surface area contributed by atoms with E-state index in [4.69, 9.17) is 16.3 Å². The average Bonchev–Trinajstić information content (AvgIpc) is 2.55. The zero-order valence-electron chi connectivity index (χ0n) is 13.1. The average molecular weight is 350 g/mol. The van der Waals surface area contributed by atoms with E-state index in [0.29, 0.717) is 22.1 Å². The summed E-state index contributed by atoms with van der Waals surface area (Å²) in [6.07, 6.45) is 0. The molecule has 1 atom stereocenters. The van der Waals surface area contributed by atoms with Crippen LogP contribution < -0.4 is 15.4 Å². The number of benzene rings is 2. The van der Waals surface area contributed by atoms with Crippen LogP contribution in [0, 0.1) is 10.1 Å². The summed E-state index contributed by atoms with van der Waals surface area (Å²) in [7, 11) is 1.52. The van der Waals surface area contributed by atoms with E-state index in [2.05, 4.69) is 10.6 Å². The summed E-state index contributed by atoms with van der Waals surface area (Å²) in [4.78, 5) is 22.4. The molecule has 0 saturated heterocycles. The van der Waals surface area contributed by atoms with Crippen molar-refractivity contribution in [3.05, 3.63) is 57.6 Å². The first-order chi connectivity index (χ1) is 11.4. The lowest BCUT2D eigenvalue weighted by Gasteiger charge is -2.16. The van der Waals surface area contributed by atoms with E-state index in [0.717, 1.165) is 0 Å². The number of rotatable bonds is 6. The van der Waals surface area contributed by atoms with Crippen LogP contribution in [0.5, 0.6) is 5.75 Å². The van der Waals surface area contributed by atoms with Gasteiger partial charge in [0.25, 0.3) is 5.69 Å². The quantitative estimate of drug-likeness (QED) is 0.612. The summed E-state index contributed by atoms with van der Waals surface area (Å²) in [6, 6.07) is 10.3. The molecule has 0 aliphatic rings. The molecule has 0 bridgehead atoms. The minimum atomic E-state index is -0.575. The van der Waals surface area contributed by atoms with Gasteiger partial charge in [0.05, 0.1) is 17.1 Å². The Morgan fingerprint density at radius 1 is 1.25 bits per heavy atom. The number of methoxy groups -OCH3 is 1. The van der Waals surface area contributed by atoms with E-state index >= 15 is 0 Å². The molecule has 2 aromatic rings. The van der Waals surface area contributed by atoms with Gasteiger partial charge in [0, 0.05) is 23.5 Å². The predicted molar refractivity (Wildman–Crippen MR) is 92.8 cm³/mol. The molecule has 1 unspecified atom stereocenters. The van der Waals surface area contributed by atoms with Crippen molar-refractivity contribution in [3.63, 3.8) is 0 Å². The molecule has 8 heteroatoms. The van der Waals surface area contributed by atoms with Crippen molar-refractivity contribution in [3.8, 4) is 5.75 Å². The predicted octanol–water partition coefficient (Wildman–Crippen LogP) is 3.70.